The molecule has 1 heterocycles. The minimum absolute atomic E-state index is 0.180. The summed E-state index contributed by atoms with van der Waals surface area (Å²) in [4.78, 5) is 17.8. The summed E-state index contributed by atoms with van der Waals surface area (Å²) in [5.41, 5.74) is 0.124. The lowest BCUT2D eigenvalue weighted by Gasteiger charge is -2.07. The normalized spacial score (nSPS) is 12.1. The zero-order chi connectivity index (χ0) is 12.5. The third kappa shape index (κ3) is 2.91. The third-order valence-corrected chi connectivity index (χ3v) is 5.18. The third-order valence-electron chi connectivity index (χ3n) is 2.13. The van der Waals surface area contributed by atoms with Crippen molar-refractivity contribution < 1.29 is 8.42 Å². The molecule has 1 rings (SSSR count). The van der Waals surface area contributed by atoms with Crippen LogP contribution in [0.5, 0.6) is 0 Å². The molecule has 0 fully saturated rings. The summed E-state index contributed by atoms with van der Waals surface area (Å²) < 4.78 is 23.6. The van der Waals surface area contributed by atoms with E-state index in [2.05, 4.69) is 25.9 Å². The maximum atomic E-state index is 11.6. The zero-order valence-corrected chi connectivity index (χ0v) is 11.6. The molecule has 0 aliphatic heterocycles. The van der Waals surface area contributed by atoms with Crippen LogP contribution < -0.4 is 5.56 Å². The van der Waals surface area contributed by atoms with E-state index in [1.807, 2.05) is 0 Å². The molecule has 0 spiro atoms. The molecule has 5 nitrogen and oxygen atoms in total. The quantitative estimate of drug-likeness (QED) is 0.909. The van der Waals surface area contributed by atoms with Crippen molar-refractivity contribution in [3.8, 4) is 0 Å². The highest BCUT2D eigenvalue weighted by Crippen LogP contribution is 2.10. The van der Waals surface area contributed by atoms with Crippen LogP contribution in [0.15, 0.2) is 9.27 Å². The lowest BCUT2D eigenvalue weighted by Crippen LogP contribution is -2.21. The Bertz CT molecular complexity index is 548. The molecule has 0 unspecified atom stereocenters. The molecule has 16 heavy (non-hydrogen) atoms. The van der Waals surface area contributed by atoms with E-state index < -0.39 is 15.1 Å². The number of H-pyrrole nitrogens is 1. The number of rotatable bonds is 3. The van der Waals surface area contributed by atoms with Crippen molar-refractivity contribution in [1.82, 2.24) is 9.97 Å². The van der Waals surface area contributed by atoms with Crippen LogP contribution >= 0.6 is 15.9 Å². The monoisotopic (exact) mass is 308 g/mol. The molecule has 0 amide bonds. The van der Waals surface area contributed by atoms with Gasteiger partial charge in [0.15, 0.2) is 9.84 Å². The highest BCUT2D eigenvalue weighted by atomic mass is 79.9. The van der Waals surface area contributed by atoms with E-state index in [-0.39, 0.29) is 17.1 Å². The first-order valence-electron chi connectivity index (χ1n) is 4.71. The van der Waals surface area contributed by atoms with Crippen molar-refractivity contribution in [3.05, 3.63) is 26.3 Å². The lowest BCUT2D eigenvalue weighted by molar-refractivity contribution is 0.584. The van der Waals surface area contributed by atoms with Gasteiger partial charge in [-0.3, -0.25) is 4.79 Å². The molecule has 0 bridgehead atoms. The van der Waals surface area contributed by atoms with Crippen molar-refractivity contribution in [1.29, 1.82) is 0 Å². The molecular formula is C9H13BrN2O3S. The van der Waals surface area contributed by atoms with Crippen LogP contribution in [0, 0.1) is 6.92 Å². The maximum absolute atomic E-state index is 11.6. The van der Waals surface area contributed by atoms with Crippen LogP contribution in [0.4, 0.5) is 0 Å². The van der Waals surface area contributed by atoms with Crippen LogP contribution in [-0.4, -0.2) is 23.6 Å². The number of aromatic nitrogens is 2. The predicted molar refractivity (Wildman–Crippen MR) is 65.1 cm³/mol. The highest BCUT2D eigenvalue weighted by Gasteiger charge is 2.19. The summed E-state index contributed by atoms with van der Waals surface area (Å²) in [6.45, 7) is 4.84. The second-order valence-electron chi connectivity index (χ2n) is 3.77. The van der Waals surface area contributed by atoms with E-state index in [0.29, 0.717) is 10.2 Å². The first-order chi connectivity index (χ1) is 7.24. The van der Waals surface area contributed by atoms with Crippen molar-refractivity contribution in [2.45, 2.75) is 31.8 Å². The van der Waals surface area contributed by atoms with Crippen molar-refractivity contribution >= 4 is 25.8 Å². The Labute approximate surface area is 102 Å². The number of aromatic amines is 1. The topological polar surface area (TPSA) is 79.9 Å². The SMILES string of the molecule is Cc1nc(CS(=O)(=O)C(C)C)[nH]c(=O)c1Br. The van der Waals surface area contributed by atoms with E-state index in [9.17, 15) is 13.2 Å². The number of nitrogens with one attached hydrogen (secondary N) is 1. The van der Waals surface area contributed by atoms with Gasteiger partial charge in [0.25, 0.3) is 5.56 Å². The van der Waals surface area contributed by atoms with Gasteiger partial charge in [-0.15, -0.1) is 0 Å². The van der Waals surface area contributed by atoms with E-state index in [0.717, 1.165) is 0 Å². The van der Waals surface area contributed by atoms with Gasteiger partial charge in [0.2, 0.25) is 0 Å². The zero-order valence-electron chi connectivity index (χ0n) is 9.24. The molecule has 90 valence electrons. The van der Waals surface area contributed by atoms with E-state index in [1.54, 1.807) is 20.8 Å². The molecule has 0 atom stereocenters. The minimum Gasteiger partial charge on any atom is -0.309 e. The molecular weight excluding hydrogens is 296 g/mol. The summed E-state index contributed by atoms with van der Waals surface area (Å²) in [6, 6.07) is 0. The fourth-order valence-electron chi connectivity index (χ4n) is 1.06. The number of sulfone groups is 1. The second-order valence-corrected chi connectivity index (χ2v) is 7.12. The standard InChI is InChI=1S/C9H13BrN2O3S/c1-5(2)16(14,15)4-7-11-6(3)8(10)9(13)12-7/h5H,4H2,1-3H3,(H,11,12,13). The van der Waals surface area contributed by atoms with Crippen molar-refractivity contribution in [2.75, 3.05) is 0 Å². The summed E-state index contributed by atoms with van der Waals surface area (Å²) in [5.74, 6) is -0.0620. The summed E-state index contributed by atoms with van der Waals surface area (Å²) in [5, 5.41) is -0.484. The number of aryl methyl sites for hydroxylation is 1. The smallest absolute Gasteiger partial charge is 0.265 e. The Morgan fingerprint density at radius 1 is 1.44 bits per heavy atom. The Kier molecular flexibility index (Phi) is 3.90. The van der Waals surface area contributed by atoms with Gasteiger partial charge >= 0.3 is 0 Å². The summed E-state index contributed by atoms with van der Waals surface area (Å²) in [7, 11) is -3.25. The van der Waals surface area contributed by atoms with Crippen molar-refractivity contribution in [2.24, 2.45) is 0 Å². The molecule has 1 N–H and O–H groups in total. The molecule has 0 aliphatic carbocycles. The van der Waals surface area contributed by atoms with Crippen molar-refractivity contribution in [3.63, 3.8) is 0 Å². The molecule has 0 saturated carbocycles. The Balaban J connectivity index is 3.14. The van der Waals surface area contributed by atoms with Gasteiger partial charge in [0.1, 0.15) is 16.0 Å². The average Bonchev–Trinajstić information content (AvgIpc) is 2.13. The van der Waals surface area contributed by atoms with Gasteiger partial charge in [-0.25, -0.2) is 13.4 Å². The van der Waals surface area contributed by atoms with Crippen LogP contribution in [0.25, 0.3) is 0 Å². The summed E-state index contributed by atoms with van der Waals surface area (Å²) in [6.07, 6.45) is 0. The summed E-state index contributed by atoms with van der Waals surface area (Å²) >= 11 is 3.07. The van der Waals surface area contributed by atoms with E-state index in [4.69, 9.17) is 0 Å². The largest absolute Gasteiger partial charge is 0.309 e. The predicted octanol–water partition coefficient (Wildman–Crippen LogP) is 1.16. The maximum Gasteiger partial charge on any atom is 0.265 e. The fourth-order valence-corrected chi connectivity index (χ4v) is 2.09. The Morgan fingerprint density at radius 2 is 2.00 bits per heavy atom. The number of hydrogen-bond acceptors (Lipinski definition) is 4. The minimum atomic E-state index is -3.25. The van der Waals surface area contributed by atoms with Crippen LogP contribution in [-0.2, 0) is 15.6 Å². The number of nitrogens with zero attached hydrogens (tertiary/aromatic N) is 1. The molecule has 7 heteroatoms. The molecule has 1 aromatic rings. The first kappa shape index (κ1) is 13.4. The molecule has 1 aromatic heterocycles. The second kappa shape index (κ2) is 4.67. The molecule has 0 aliphatic rings. The number of halogens is 1. The van der Waals surface area contributed by atoms with Gasteiger partial charge < -0.3 is 4.98 Å². The highest BCUT2D eigenvalue weighted by molar-refractivity contribution is 9.10. The van der Waals surface area contributed by atoms with Gasteiger partial charge in [-0.05, 0) is 36.7 Å². The molecule has 0 saturated heterocycles. The van der Waals surface area contributed by atoms with E-state index in [1.165, 1.54) is 0 Å². The van der Waals surface area contributed by atoms with Gasteiger partial charge in [-0.1, -0.05) is 0 Å². The van der Waals surface area contributed by atoms with Crippen LogP contribution in [0.1, 0.15) is 25.4 Å². The van der Waals surface area contributed by atoms with Gasteiger partial charge in [0.05, 0.1) is 10.9 Å². The van der Waals surface area contributed by atoms with E-state index >= 15 is 0 Å². The lowest BCUT2D eigenvalue weighted by atomic mass is 10.4. The number of hydrogen-bond donors (Lipinski definition) is 1. The van der Waals surface area contributed by atoms with Crippen LogP contribution in [0.2, 0.25) is 0 Å². The fraction of sp³-hybridized carbons (Fsp3) is 0.556. The Morgan fingerprint density at radius 3 is 2.44 bits per heavy atom. The average molecular weight is 309 g/mol. The first-order valence-corrected chi connectivity index (χ1v) is 7.21. The van der Waals surface area contributed by atoms with Gasteiger partial charge in [-0.2, -0.15) is 0 Å². The molecule has 0 aromatic carbocycles. The van der Waals surface area contributed by atoms with Crippen LogP contribution in [0.3, 0.4) is 0 Å². The Hall–Kier alpha value is -0.690. The molecule has 0 radical (unpaired) electrons. The van der Waals surface area contributed by atoms with Gasteiger partial charge in [0, 0.05) is 0 Å².